The first-order valence-electron chi connectivity index (χ1n) is 11.6. The number of Topliss-reactive ketones (excluding diaryl/α,β-unsaturated/α-hetero) is 1. The lowest BCUT2D eigenvalue weighted by Gasteiger charge is -2.37. The third-order valence-electron chi connectivity index (χ3n) is 8.05. The van der Waals surface area contributed by atoms with Crippen LogP contribution in [0.1, 0.15) is 34.3 Å². The molecule has 1 aromatic carbocycles. The van der Waals surface area contributed by atoms with Crippen LogP contribution in [0.4, 0.5) is 0 Å². The second-order valence-electron chi connectivity index (χ2n) is 9.83. The molecule has 7 atom stereocenters. The van der Waals surface area contributed by atoms with Crippen molar-refractivity contribution < 1.29 is 23.9 Å². The Labute approximate surface area is 198 Å². The molecule has 2 saturated carbocycles. The number of carbonyl (C=O) groups excluding carboxylic acids is 4. The minimum absolute atomic E-state index is 0.107. The number of carbonyl (C=O) groups is 4. The number of hydrogen-bond donors (Lipinski definition) is 0. The van der Waals surface area contributed by atoms with Gasteiger partial charge in [-0.3, -0.25) is 19.3 Å². The molecule has 6 rings (SSSR count). The number of ether oxygens (including phenoxy) is 1. The zero-order valence-corrected chi connectivity index (χ0v) is 20.0. The van der Waals surface area contributed by atoms with Gasteiger partial charge in [0, 0.05) is 5.56 Å². The van der Waals surface area contributed by atoms with E-state index in [0.717, 1.165) is 17.5 Å². The summed E-state index contributed by atoms with van der Waals surface area (Å²) in [5, 5.41) is 0. The first-order chi connectivity index (χ1) is 15.8. The Hall–Kier alpha value is -2.41. The molecule has 1 saturated heterocycles. The second kappa shape index (κ2) is 8.42. The maximum absolute atomic E-state index is 13.4. The van der Waals surface area contributed by atoms with Gasteiger partial charge in [-0.25, -0.2) is 4.79 Å². The second-order valence-corrected chi connectivity index (χ2v) is 10.8. The first kappa shape index (κ1) is 22.4. The number of nitrogens with zero attached hydrogens (tertiary/aromatic N) is 1. The Balaban J connectivity index is 1.31. The van der Waals surface area contributed by atoms with E-state index < -0.39 is 18.6 Å². The monoisotopic (exact) mass is 467 g/mol. The van der Waals surface area contributed by atoms with E-state index in [2.05, 4.69) is 12.2 Å². The molecule has 4 aliphatic carbocycles. The van der Waals surface area contributed by atoms with Crippen LogP contribution >= 0.6 is 11.8 Å². The molecular formula is C26H29NO5S. The van der Waals surface area contributed by atoms with Crippen molar-refractivity contribution in [1.29, 1.82) is 0 Å². The SMILES string of the molecule is CSCCC(C(=O)OCC(=O)c1ccc(C)c(C)c1)N1C(=O)C2C3C=CC(C4CC34)C2C1=O. The van der Waals surface area contributed by atoms with E-state index in [1.54, 1.807) is 23.9 Å². The van der Waals surface area contributed by atoms with Crippen molar-refractivity contribution in [3.05, 3.63) is 47.0 Å². The molecule has 174 valence electrons. The van der Waals surface area contributed by atoms with E-state index >= 15 is 0 Å². The Kier molecular flexibility index (Phi) is 5.71. The van der Waals surface area contributed by atoms with Gasteiger partial charge in [0.1, 0.15) is 6.04 Å². The molecule has 33 heavy (non-hydrogen) atoms. The zero-order valence-electron chi connectivity index (χ0n) is 19.2. The van der Waals surface area contributed by atoms with Crippen LogP contribution in [-0.4, -0.2) is 53.1 Å². The molecule has 1 heterocycles. The summed E-state index contributed by atoms with van der Waals surface area (Å²) < 4.78 is 5.39. The lowest BCUT2D eigenvalue weighted by atomic mass is 9.63. The van der Waals surface area contributed by atoms with E-state index in [0.29, 0.717) is 29.6 Å². The Bertz CT molecular complexity index is 1030. The molecule has 2 bridgehead atoms. The molecule has 0 spiro atoms. The number of esters is 1. The summed E-state index contributed by atoms with van der Waals surface area (Å²) in [5.74, 6) is -0.321. The Morgan fingerprint density at radius 1 is 1.06 bits per heavy atom. The molecule has 0 radical (unpaired) electrons. The molecular weight excluding hydrogens is 438 g/mol. The van der Waals surface area contributed by atoms with E-state index in [1.165, 1.54) is 4.90 Å². The fourth-order valence-electron chi connectivity index (χ4n) is 6.10. The number of hydrogen-bond acceptors (Lipinski definition) is 6. The highest BCUT2D eigenvalue weighted by Gasteiger charge is 2.68. The van der Waals surface area contributed by atoms with Gasteiger partial charge in [0.15, 0.2) is 12.4 Å². The number of allylic oxidation sites excluding steroid dienone is 2. The van der Waals surface area contributed by atoms with Gasteiger partial charge in [-0.15, -0.1) is 0 Å². The first-order valence-corrected chi connectivity index (χ1v) is 13.0. The highest BCUT2D eigenvalue weighted by atomic mass is 32.2. The summed E-state index contributed by atoms with van der Waals surface area (Å²) in [6.45, 7) is 3.48. The van der Waals surface area contributed by atoms with Crippen molar-refractivity contribution in [1.82, 2.24) is 4.90 Å². The number of ketones is 1. The molecule has 0 aromatic heterocycles. The lowest BCUT2D eigenvalue weighted by molar-refractivity contribution is -0.158. The van der Waals surface area contributed by atoms with Crippen LogP contribution in [0.5, 0.6) is 0 Å². The van der Waals surface area contributed by atoms with Crippen molar-refractivity contribution >= 4 is 35.3 Å². The predicted molar refractivity (Wildman–Crippen MR) is 125 cm³/mol. The summed E-state index contributed by atoms with van der Waals surface area (Å²) in [6.07, 6.45) is 7.56. The largest absolute Gasteiger partial charge is 0.456 e. The molecule has 1 aliphatic heterocycles. The summed E-state index contributed by atoms with van der Waals surface area (Å²) in [7, 11) is 0. The number of likely N-dealkylation sites (tertiary alicyclic amines) is 1. The Morgan fingerprint density at radius 3 is 2.27 bits per heavy atom. The maximum atomic E-state index is 13.4. The van der Waals surface area contributed by atoms with Gasteiger partial charge >= 0.3 is 5.97 Å². The molecule has 1 aromatic rings. The van der Waals surface area contributed by atoms with Gasteiger partial charge in [0.25, 0.3) is 0 Å². The van der Waals surface area contributed by atoms with Crippen LogP contribution < -0.4 is 0 Å². The molecule has 2 amide bonds. The van der Waals surface area contributed by atoms with Crippen LogP contribution in [0.3, 0.4) is 0 Å². The van der Waals surface area contributed by atoms with Crippen LogP contribution in [-0.2, 0) is 19.1 Å². The van der Waals surface area contributed by atoms with Gasteiger partial charge < -0.3 is 4.74 Å². The predicted octanol–water partition coefficient (Wildman–Crippen LogP) is 3.20. The minimum Gasteiger partial charge on any atom is -0.456 e. The van der Waals surface area contributed by atoms with Gasteiger partial charge in [-0.2, -0.15) is 11.8 Å². The maximum Gasteiger partial charge on any atom is 0.329 e. The van der Waals surface area contributed by atoms with E-state index in [-0.39, 0.29) is 41.3 Å². The van der Waals surface area contributed by atoms with Crippen molar-refractivity contribution in [3.8, 4) is 0 Å². The molecule has 7 heteroatoms. The van der Waals surface area contributed by atoms with E-state index in [9.17, 15) is 19.2 Å². The van der Waals surface area contributed by atoms with Crippen LogP contribution in [0.15, 0.2) is 30.4 Å². The number of aryl methyl sites for hydroxylation is 2. The van der Waals surface area contributed by atoms with Crippen molar-refractivity contribution in [2.75, 3.05) is 18.6 Å². The fourth-order valence-corrected chi connectivity index (χ4v) is 6.56. The van der Waals surface area contributed by atoms with Gasteiger partial charge in [-0.05, 0) is 79.6 Å². The Morgan fingerprint density at radius 2 is 1.70 bits per heavy atom. The molecule has 3 fully saturated rings. The van der Waals surface area contributed by atoms with Crippen LogP contribution in [0.2, 0.25) is 0 Å². The number of amides is 2. The number of thioether (sulfide) groups is 1. The quantitative estimate of drug-likeness (QED) is 0.253. The van der Waals surface area contributed by atoms with Crippen LogP contribution in [0, 0.1) is 49.4 Å². The average molecular weight is 468 g/mol. The van der Waals surface area contributed by atoms with Crippen molar-refractivity contribution in [2.24, 2.45) is 35.5 Å². The summed E-state index contributed by atoms with van der Waals surface area (Å²) >= 11 is 1.54. The van der Waals surface area contributed by atoms with E-state index in [4.69, 9.17) is 4.74 Å². The zero-order chi connectivity index (χ0) is 23.4. The molecule has 0 N–H and O–H groups in total. The van der Waals surface area contributed by atoms with Crippen molar-refractivity contribution in [2.45, 2.75) is 32.7 Å². The summed E-state index contributed by atoms with van der Waals surface area (Å²) in [5.41, 5.74) is 2.55. The summed E-state index contributed by atoms with van der Waals surface area (Å²) in [6, 6.07) is 4.38. The highest BCUT2D eigenvalue weighted by Crippen LogP contribution is 2.65. The fraction of sp³-hybridized carbons (Fsp3) is 0.538. The standard InChI is InChI=1S/C26H29NO5S/c1-13-4-5-15(10-14(13)2)21(28)12-32-26(31)20(8-9-33-3)27-24(29)22-16-6-7-17(19-11-18(16)19)23(22)25(27)30/h4-7,10,16-20,22-23H,8-9,11-12H2,1-3H3. The molecule has 7 unspecified atom stereocenters. The number of imide groups is 1. The normalized spacial score (nSPS) is 31.9. The number of rotatable bonds is 8. The van der Waals surface area contributed by atoms with Crippen molar-refractivity contribution in [3.63, 3.8) is 0 Å². The van der Waals surface area contributed by atoms with Gasteiger partial charge in [0.2, 0.25) is 11.8 Å². The highest BCUT2D eigenvalue weighted by molar-refractivity contribution is 7.98. The van der Waals surface area contributed by atoms with E-state index in [1.807, 2.05) is 26.2 Å². The number of benzene rings is 1. The lowest BCUT2D eigenvalue weighted by Crippen LogP contribution is -2.47. The smallest absolute Gasteiger partial charge is 0.329 e. The summed E-state index contributed by atoms with van der Waals surface area (Å²) in [4.78, 5) is 53.7. The average Bonchev–Trinajstić information content (AvgIpc) is 3.59. The molecule has 5 aliphatic rings. The third kappa shape index (κ3) is 3.65. The third-order valence-corrected chi connectivity index (χ3v) is 8.69. The van der Waals surface area contributed by atoms with Crippen LogP contribution in [0.25, 0.3) is 0 Å². The topological polar surface area (TPSA) is 80.8 Å². The minimum atomic E-state index is -0.980. The van der Waals surface area contributed by atoms with Gasteiger partial charge in [-0.1, -0.05) is 24.3 Å². The molecule has 6 nitrogen and oxygen atoms in total. The van der Waals surface area contributed by atoms with Gasteiger partial charge in [0.05, 0.1) is 11.8 Å².